The highest BCUT2D eigenvalue weighted by molar-refractivity contribution is 6.30. The van der Waals surface area contributed by atoms with Crippen LogP contribution in [0.15, 0.2) is 30.5 Å². The first-order chi connectivity index (χ1) is 9.56. The summed E-state index contributed by atoms with van der Waals surface area (Å²) in [6, 6.07) is 7.29. The maximum atomic E-state index is 11.5. The van der Waals surface area contributed by atoms with Crippen LogP contribution in [0.2, 0.25) is 5.02 Å². The number of halogens is 1. The van der Waals surface area contributed by atoms with Crippen molar-refractivity contribution in [2.24, 2.45) is 0 Å². The third kappa shape index (κ3) is 2.06. The van der Waals surface area contributed by atoms with Gasteiger partial charge in [-0.15, -0.1) is 5.10 Å². The SMILES string of the molecule is CC(=O)c1cnc2nc(-c3cccc(Cl)c3)nn2c1C. The number of carbonyl (C=O) groups excluding carboxylic acids is 1. The van der Waals surface area contributed by atoms with Crippen molar-refractivity contribution in [3.63, 3.8) is 0 Å². The van der Waals surface area contributed by atoms with E-state index in [0.717, 1.165) is 11.3 Å². The smallest absolute Gasteiger partial charge is 0.252 e. The summed E-state index contributed by atoms with van der Waals surface area (Å²) in [4.78, 5) is 20.0. The molecule has 0 unspecified atom stereocenters. The molecule has 0 aliphatic heterocycles. The standard InChI is InChI=1S/C14H11ClN4O/c1-8-12(9(2)20)7-16-14-17-13(18-19(8)14)10-4-3-5-11(15)6-10/h3-7H,1-2H3. The molecule has 0 radical (unpaired) electrons. The topological polar surface area (TPSA) is 60.2 Å². The molecular formula is C14H11ClN4O. The summed E-state index contributed by atoms with van der Waals surface area (Å²) < 4.78 is 1.58. The van der Waals surface area contributed by atoms with E-state index in [-0.39, 0.29) is 5.78 Å². The van der Waals surface area contributed by atoms with Gasteiger partial charge in [0.25, 0.3) is 5.78 Å². The molecule has 2 heterocycles. The van der Waals surface area contributed by atoms with Gasteiger partial charge in [-0.3, -0.25) is 4.79 Å². The zero-order valence-corrected chi connectivity index (χ0v) is 11.7. The molecule has 3 rings (SSSR count). The van der Waals surface area contributed by atoms with E-state index in [1.807, 2.05) is 19.1 Å². The van der Waals surface area contributed by atoms with E-state index in [1.165, 1.54) is 13.1 Å². The first-order valence-corrected chi connectivity index (χ1v) is 6.43. The second kappa shape index (κ2) is 4.68. The van der Waals surface area contributed by atoms with Gasteiger partial charge in [0.1, 0.15) is 0 Å². The van der Waals surface area contributed by atoms with Gasteiger partial charge in [-0.25, -0.2) is 9.50 Å². The molecule has 5 nitrogen and oxygen atoms in total. The Bertz CT molecular complexity index is 825. The fourth-order valence-electron chi connectivity index (χ4n) is 2.04. The highest BCUT2D eigenvalue weighted by Crippen LogP contribution is 2.20. The molecule has 6 heteroatoms. The molecule has 0 fully saturated rings. The number of rotatable bonds is 2. The van der Waals surface area contributed by atoms with Gasteiger partial charge >= 0.3 is 0 Å². The summed E-state index contributed by atoms with van der Waals surface area (Å²) in [7, 11) is 0. The van der Waals surface area contributed by atoms with Gasteiger partial charge in [-0.05, 0) is 26.0 Å². The summed E-state index contributed by atoms with van der Waals surface area (Å²) in [5.41, 5.74) is 2.08. The molecule has 0 atom stereocenters. The zero-order valence-electron chi connectivity index (χ0n) is 11.0. The number of Topliss-reactive ketones (excluding diaryl/α,β-unsaturated/α-hetero) is 1. The largest absolute Gasteiger partial charge is 0.294 e. The molecule has 2 aromatic heterocycles. The molecule has 0 amide bonds. The van der Waals surface area contributed by atoms with E-state index in [1.54, 1.807) is 16.6 Å². The molecule has 0 aliphatic rings. The van der Waals surface area contributed by atoms with Crippen molar-refractivity contribution in [3.8, 4) is 11.4 Å². The molecule has 100 valence electrons. The van der Waals surface area contributed by atoms with Crippen LogP contribution in [0.1, 0.15) is 23.0 Å². The van der Waals surface area contributed by atoms with Gasteiger partial charge in [0, 0.05) is 16.8 Å². The van der Waals surface area contributed by atoms with Crippen LogP contribution in [0.4, 0.5) is 0 Å². The average Bonchev–Trinajstić information content (AvgIpc) is 2.83. The second-order valence-corrected chi connectivity index (χ2v) is 4.91. The van der Waals surface area contributed by atoms with Gasteiger partial charge in [-0.2, -0.15) is 4.98 Å². The van der Waals surface area contributed by atoms with Crippen molar-refractivity contribution >= 4 is 23.2 Å². The molecule has 0 saturated heterocycles. The number of hydrogen-bond donors (Lipinski definition) is 0. The molecular weight excluding hydrogens is 276 g/mol. The molecule has 0 bridgehead atoms. The molecule has 0 aliphatic carbocycles. The van der Waals surface area contributed by atoms with E-state index in [9.17, 15) is 4.79 Å². The summed E-state index contributed by atoms with van der Waals surface area (Å²) >= 11 is 5.97. The lowest BCUT2D eigenvalue weighted by Gasteiger charge is -2.01. The Morgan fingerprint density at radius 3 is 2.85 bits per heavy atom. The molecule has 20 heavy (non-hydrogen) atoms. The third-order valence-electron chi connectivity index (χ3n) is 3.07. The first-order valence-electron chi connectivity index (χ1n) is 6.05. The van der Waals surface area contributed by atoms with Gasteiger partial charge in [0.15, 0.2) is 11.6 Å². The lowest BCUT2D eigenvalue weighted by Crippen LogP contribution is -2.05. The van der Waals surface area contributed by atoms with E-state index in [4.69, 9.17) is 11.6 Å². The number of carbonyl (C=O) groups is 1. The minimum absolute atomic E-state index is 0.0447. The second-order valence-electron chi connectivity index (χ2n) is 4.47. The van der Waals surface area contributed by atoms with Crippen molar-refractivity contribution in [1.82, 2.24) is 19.6 Å². The maximum absolute atomic E-state index is 11.5. The molecule has 0 spiro atoms. The van der Waals surface area contributed by atoms with Crippen LogP contribution >= 0.6 is 11.6 Å². The predicted molar refractivity (Wildman–Crippen MR) is 76.0 cm³/mol. The van der Waals surface area contributed by atoms with Crippen LogP contribution in [0.25, 0.3) is 17.2 Å². The van der Waals surface area contributed by atoms with Crippen LogP contribution < -0.4 is 0 Å². The number of benzene rings is 1. The minimum Gasteiger partial charge on any atom is -0.294 e. The Morgan fingerprint density at radius 2 is 2.15 bits per heavy atom. The molecule has 1 aromatic carbocycles. The van der Waals surface area contributed by atoms with E-state index >= 15 is 0 Å². The van der Waals surface area contributed by atoms with Crippen LogP contribution in [0, 0.1) is 6.92 Å². The summed E-state index contributed by atoms with van der Waals surface area (Å²) in [6.45, 7) is 3.33. The Labute approximate surface area is 120 Å². The van der Waals surface area contributed by atoms with Crippen LogP contribution in [-0.2, 0) is 0 Å². The highest BCUT2D eigenvalue weighted by atomic mass is 35.5. The average molecular weight is 287 g/mol. The lowest BCUT2D eigenvalue weighted by molar-refractivity contribution is 0.101. The molecule has 0 saturated carbocycles. The van der Waals surface area contributed by atoms with Crippen molar-refractivity contribution in [1.29, 1.82) is 0 Å². The molecule has 0 N–H and O–H groups in total. The Balaban J connectivity index is 2.21. The van der Waals surface area contributed by atoms with Crippen molar-refractivity contribution < 1.29 is 4.79 Å². The van der Waals surface area contributed by atoms with Crippen LogP contribution in [0.5, 0.6) is 0 Å². The van der Waals surface area contributed by atoms with Crippen molar-refractivity contribution in [2.45, 2.75) is 13.8 Å². The summed E-state index contributed by atoms with van der Waals surface area (Å²) in [5.74, 6) is 0.947. The normalized spacial score (nSPS) is 10.9. The zero-order chi connectivity index (χ0) is 14.3. The van der Waals surface area contributed by atoms with Crippen molar-refractivity contribution in [3.05, 3.63) is 46.7 Å². The number of aryl methyl sites for hydroxylation is 1. The monoisotopic (exact) mass is 286 g/mol. The number of hydrogen-bond acceptors (Lipinski definition) is 4. The Kier molecular flexibility index (Phi) is 2.99. The quantitative estimate of drug-likeness (QED) is 0.680. The highest BCUT2D eigenvalue weighted by Gasteiger charge is 2.13. The number of nitrogens with zero attached hydrogens (tertiary/aromatic N) is 4. The first kappa shape index (κ1) is 12.7. The fourth-order valence-corrected chi connectivity index (χ4v) is 2.23. The fraction of sp³-hybridized carbons (Fsp3) is 0.143. The van der Waals surface area contributed by atoms with Crippen LogP contribution in [0.3, 0.4) is 0 Å². The maximum Gasteiger partial charge on any atom is 0.252 e. The van der Waals surface area contributed by atoms with E-state index < -0.39 is 0 Å². The third-order valence-corrected chi connectivity index (χ3v) is 3.30. The molecule has 3 aromatic rings. The lowest BCUT2D eigenvalue weighted by atomic mass is 10.2. The van der Waals surface area contributed by atoms with Crippen molar-refractivity contribution in [2.75, 3.05) is 0 Å². The van der Waals surface area contributed by atoms with E-state index in [0.29, 0.717) is 22.2 Å². The van der Waals surface area contributed by atoms with Crippen LogP contribution in [-0.4, -0.2) is 25.4 Å². The Hall–Kier alpha value is -2.27. The number of fused-ring (bicyclic) bond motifs is 1. The van der Waals surface area contributed by atoms with Gasteiger partial charge < -0.3 is 0 Å². The van der Waals surface area contributed by atoms with Gasteiger partial charge in [0.2, 0.25) is 0 Å². The summed E-state index contributed by atoms with van der Waals surface area (Å²) in [6.07, 6.45) is 1.53. The van der Waals surface area contributed by atoms with Gasteiger partial charge in [-0.1, -0.05) is 23.7 Å². The number of ketones is 1. The predicted octanol–water partition coefficient (Wildman–Crippen LogP) is 2.96. The minimum atomic E-state index is -0.0447. The Morgan fingerprint density at radius 1 is 1.35 bits per heavy atom. The number of aromatic nitrogens is 4. The summed E-state index contributed by atoms with van der Waals surface area (Å²) in [5, 5.41) is 5.02. The van der Waals surface area contributed by atoms with Gasteiger partial charge in [0.05, 0.1) is 11.3 Å². The van der Waals surface area contributed by atoms with E-state index in [2.05, 4.69) is 15.1 Å².